The summed E-state index contributed by atoms with van der Waals surface area (Å²) in [5.41, 5.74) is 20.4. The Morgan fingerprint density at radius 2 is 0.772 bits per heavy atom. The number of hydrogen-bond donors (Lipinski definition) is 3. The lowest BCUT2D eigenvalue weighted by atomic mass is 8.28. The highest BCUT2D eigenvalue weighted by atomic mass is 32.1. The molecule has 4 N–H and O–H groups in total. The third-order valence-corrected chi connectivity index (χ3v) is 25.6. The molecule has 5 aromatic carbocycles. The van der Waals surface area contributed by atoms with Crippen LogP contribution in [0.15, 0.2) is 189 Å². The number of nitrogens with two attached hydrogens (primary N) is 1. The fourth-order valence-corrected chi connectivity index (χ4v) is 19.7. The number of aromatic nitrogens is 9. The van der Waals surface area contributed by atoms with Crippen LogP contribution in [0, 0.1) is 0 Å². The first kappa shape index (κ1) is 111. The van der Waals surface area contributed by atoms with Gasteiger partial charge in [0.05, 0.1) is 73.2 Å². The zero-order chi connectivity index (χ0) is 97.9. The topological polar surface area (TPSA) is 179 Å². The van der Waals surface area contributed by atoms with E-state index in [1.54, 1.807) is 12.4 Å². The molecular formula is C78H87B38N15O3S2. The minimum atomic E-state index is -1.20. The zero-order valence-electron chi connectivity index (χ0n) is 77.9. The summed E-state index contributed by atoms with van der Waals surface area (Å²) in [5, 5.41) is 21.4. The maximum Gasteiger partial charge on any atom is 0.257 e. The molecule has 0 bridgehead atoms. The van der Waals surface area contributed by atoms with E-state index >= 15 is 0 Å². The van der Waals surface area contributed by atoms with Crippen LogP contribution in [-0.2, 0) is 40.4 Å². The molecule has 3 aliphatic heterocycles. The van der Waals surface area contributed by atoms with Crippen molar-refractivity contribution in [3.8, 4) is 11.4 Å². The summed E-state index contributed by atoms with van der Waals surface area (Å²) in [7, 11) is 137. The molecule has 40 radical (unpaired) electrons. The first-order chi connectivity index (χ1) is 64.4. The lowest BCUT2D eigenvalue weighted by Gasteiger charge is -2.53. The van der Waals surface area contributed by atoms with Crippen LogP contribution < -0.4 is 16.4 Å². The highest BCUT2D eigenvalue weighted by molar-refractivity contribution is 8.31. The van der Waals surface area contributed by atoms with Crippen LogP contribution in [0.1, 0.15) is 67.6 Å². The first-order valence-corrected chi connectivity index (χ1v) is 46.3. The summed E-state index contributed by atoms with van der Waals surface area (Å²) in [6.07, 6.45) is -0.265. The molecule has 7 aromatic heterocycles. The van der Waals surface area contributed by atoms with Gasteiger partial charge in [0.2, 0.25) is 0 Å². The molecule has 15 rings (SSSR count). The second kappa shape index (κ2) is 51.9. The van der Waals surface area contributed by atoms with Crippen LogP contribution >= 0.6 is 24.4 Å². The van der Waals surface area contributed by atoms with Gasteiger partial charge in [-0.25, -0.2) is 0 Å². The van der Waals surface area contributed by atoms with Crippen molar-refractivity contribution in [1.82, 2.24) is 68.6 Å². The Morgan fingerprint density at radius 1 is 0.419 bits per heavy atom. The smallest absolute Gasteiger partial charge is 0.257 e. The van der Waals surface area contributed by atoms with Gasteiger partial charge in [-0.2, -0.15) is 10.2 Å². The minimum Gasteiger partial charge on any atom is -0.393 e. The van der Waals surface area contributed by atoms with Gasteiger partial charge in [-0.3, -0.25) is 28.9 Å². The molecule has 136 heavy (non-hydrogen) atoms. The van der Waals surface area contributed by atoms with Crippen molar-refractivity contribution in [2.45, 2.75) is 65.6 Å². The lowest BCUT2D eigenvalue weighted by Crippen LogP contribution is -2.92. The summed E-state index contributed by atoms with van der Waals surface area (Å²) in [6.45, 7) is 8.13. The van der Waals surface area contributed by atoms with E-state index < -0.39 is 115 Å². The van der Waals surface area contributed by atoms with E-state index in [4.69, 9.17) is 200 Å². The number of nitrogens with zero attached hydrogens (tertiary/aromatic N) is 12. The van der Waals surface area contributed by atoms with E-state index in [1.807, 2.05) is 108 Å². The number of carbonyl (C=O) groups excluding carboxylic acids is 2. The number of aryl methyl sites for hydroxylation is 3. The number of pyridine rings is 2. The Labute approximate surface area is 850 Å². The highest BCUT2D eigenvalue weighted by Gasteiger charge is 2.57. The number of rotatable bonds is 37. The molecule has 0 aliphatic carbocycles. The molecule has 0 unspecified atom stereocenters. The van der Waals surface area contributed by atoms with E-state index in [0.717, 1.165) is 155 Å². The normalized spacial score (nSPS) is 12.6. The van der Waals surface area contributed by atoms with E-state index in [0.29, 0.717) is 39.7 Å². The van der Waals surface area contributed by atoms with Gasteiger partial charge in [0.1, 0.15) is 10.7 Å². The largest absolute Gasteiger partial charge is 0.393 e. The van der Waals surface area contributed by atoms with Crippen molar-refractivity contribution in [2.75, 3.05) is 81.7 Å². The predicted octanol–water partition coefficient (Wildman–Crippen LogP) is -1.55. The van der Waals surface area contributed by atoms with Crippen molar-refractivity contribution in [2.24, 2.45) is 5.73 Å². The quantitative estimate of drug-likeness (QED) is 0.0302. The fourth-order valence-electron chi connectivity index (χ4n) is 19.2. The monoisotopic (exact) mass is 1760 g/mol. The van der Waals surface area contributed by atoms with Crippen molar-refractivity contribution >= 4 is 393 Å². The van der Waals surface area contributed by atoms with Crippen LogP contribution in [0.3, 0.4) is 0 Å². The number of nitrogens with one attached hydrogen (secondary N) is 2. The van der Waals surface area contributed by atoms with Crippen molar-refractivity contribution in [3.63, 3.8) is 0 Å². The first-order valence-electron chi connectivity index (χ1n) is 45.5. The van der Waals surface area contributed by atoms with Gasteiger partial charge >= 0.3 is 0 Å². The second-order valence-corrected chi connectivity index (χ2v) is 36.7. The lowest BCUT2D eigenvalue weighted by molar-refractivity contribution is -0.115. The van der Waals surface area contributed by atoms with E-state index in [1.165, 1.54) is 29.3 Å². The van der Waals surface area contributed by atoms with Gasteiger partial charge in [0, 0.05) is 396 Å². The number of amides is 2. The average molecular weight is 1760 g/mol. The van der Waals surface area contributed by atoms with Crippen LogP contribution in [-0.4, -0.2) is 431 Å². The van der Waals surface area contributed by atoms with Gasteiger partial charge in [0.25, 0.3) is 11.8 Å². The average Bonchev–Trinajstić information content (AvgIpc) is 1.61. The van der Waals surface area contributed by atoms with Gasteiger partial charge in [-0.05, 0) is 154 Å². The third kappa shape index (κ3) is 27.1. The number of hydrogen-bond acceptors (Lipinski definition) is 12. The molecule has 0 saturated carbocycles. The van der Waals surface area contributed by atoms with E-state index in [-0.39, 0.29) is 19.2 Å². The highest BCUT2D eigenvalue weighted by Crippen LogP contribution is 2.41. The maximum atomic E-state index is 13.4. The molecule has 618 valence electrons. The van der Waals surface area contributed by atoms with Gasteiger partial charge in [0.15, 0.2) is 0 Å². The Bertz CT molecular complexity index is 5900. The molecule has 3 aliphatic rings. The van der Waals surface area contributed by atoms with Crippen molar-refractivity contribution in [1.29, 1.82) is 0 Å². The zero-order valence-corrected chi connectivity index (χ0v) is 79.6. The summed E-state index contributed by atoms with van der Waals surface area (Å²) >= 11 is 10.8. The second-order valence-electron chi connectivity index (χ2n) is 35.7. The van der Waals surface area contributed by atoms with E-state index in [9.17, 15) is 9.59 Å². The SMILES string of the molecule is C.C1CCOC1.CN(C)CCCn1cc(CC(N)=S)c2ccccc21.CN(C)CCCn1nc(C2=C(c3cn(-c4cccnc4)c4ccccc34)C(=O)NC2)c2ccccc21.CN(C)CCCn1nc(C2=C(c3cn(-c4cccnc4)c4ccccc34)C(=O)NC2=S)c2ccccc21.[B]B([B])B(B([B])[B])B(B(B([B])[B])B([B])[B])B(B(B([B])[B])B([B])[B])B(B(B([B])[B])B([B])[B])B(B([B])[B])B([B])[B]. The number of ether oxygens (including phenoxy) is 1. The summed E-state index contributed by atoms with van der Waals surface area (Å²) in [5.74, 6) is -0.273. The molecule has 0 spiro atoms. The van der Waals surface area contributed by atoms with Crippen LogP contribution in [0.4, 0.5) is 0 Å². The van der Waals surface area contributed by atoms with Crippen molar-refractivity contribution in [3.05, 3.63) is 217 Å². The summed E-state index contributed by atoms with van der Waals surface area (Å²) in [6, 6.07) is 49.0. The molecule has 10 heterocycles. The number of para-hydroxylation sites is 5. The van der Waals surface area contributed by atoms with Crippen LogP contribution in [0.25, 0.3) is 88.2 Å². The fraction of sp³-hybridized carbons (Fsp3) is 0.282. The molecule has 58 heteroatoms. The molecule has 1 saturated heterocycles. The number of benzene rings is 5. The van der Waals surface area contributed by atoms with Gasteiger partial charge < -0.3 is 49.5 Å². The Kier molecular flexibility index (Phi) is 42.2. The Morgan fingerprint density at radius 3 is 1.15 bits per heavy atom. The number of carbonyl (C=O) groups is 2. The van der Waals surface area contributed by atoms with Crippen molar-refractivity contribution < 1.29 is 14.3 Å². The minimum absolute atomic E-state index is 0. The van der Waals surface area contributed by atoms with Gasteiger partial charge in [-0.15, -0.1) is 0 Å². The van der Waals surface area contributed by atoms with Gasteiger partial charge in [-0.1, -0.05) is 123 Å². The Balaban J connectivity index is 0.000000187. The molecular weight excluding hydrogens is 1670 g/mol. The molecule has 1 fully saturated rings. The predicted molar refractivity (Wildman–Crippen MR) is 626 cm³/mol. The molecule has 0 atom stereocenters. The summed E-state index contributed by atoms with van der Waals surface area (Å²) in [4.78, 5) is 42.8. The molecule has 12 aromatic rings. The van der Waals surface area contributed by atoms with Crippen LogP contribution in [0.5, 0.6) is 0 Å². The number of fused-ring (bicyclic) bond motifs is 5. The molecule has 2 amide bonds. The molecule has 18 nitrogen and oxygen atoms in total. The maximum absolute atomic E-state index is 13.4. The van der Waals surface area contributed by atoms with E-state index in [2.05, 4.69) is 169 Å². The number of thiocarbonyl (C=S) groups is 2. The third-order valence-electron chi connectivity index (χ3n) is 25.1. The summed E-state index contributed by atoms with van der Waals surface area (Å²) < 4.78 is 15.5. The standard InChI is InChI=1S/C29H26N6OS.C29H28N6O.C15H21N3S.C4H8O.CH4.B38/c1-33(2)15-8-16-35-24-13-6-4-11-21(24)27(32-35)26-25(28(36)31-29(26)37)22-18-34(19-9-7-14-30-17-19)23-12-5-3-10-20(22)23;1-33(2)15-8-16-35-26-13-6-4-11-22(26)28(32-35)23-18-31-29(36)27(23)24-19-34(20-9-7-14-30-17-20)25-12-5-3-10-21(24)25;1-17(2)8-5-9-18-11-12(10-15(16)19)13-6-3-4-7-14(13)18;1-2-4-5-3-1;;1-21(2)31(22(3)4)36(32(23(5)6)24(7)8)38(35(29(17)18)30(19)20)37(33(25(9)10)26(11)12)34(27(13)14)28(15)16/h3-7,9-14,17-18H,8,15-16H2,1-2H3,(H,31,36,37);3-7,9-14,17,19H,8,15-16,18H2,1-2H3,(H,31,36);3-4,6-7,11H,5,8-10H2,1-2H3,(H2,16,19);1-4H2;1H4;. The van der Waals surface area contributed by atoms with Crippen LogP contribution in [0.2, 0.25) is 0 Å². The Hall–Kier alpha value is -7.33.